The summed E-state index contributed by atoms with van der Waals surface area (Å²) in [6.07, 6.45) is 1.83. The van der Waals surface area contributed by atoms with E-state index in [0.717, 1.165) is 17.7 Å². The van der Waals surface area contributed by atoms with E-state index in [-0.39, 0.29) is 17.2 Å². The molecule has 1 aliphatic rings. The lowest BCUT2D eigenvalue weighted by molar-refractivity contribution is -0.139. The van der Waals surface area contributed by atoms with E-state index < -0.39 is 30.2 Å². The molecular formula is C26H29N3O7. The second kappa shape index (κ2) is 12.0. The number of anilines is 2. The normalized spacial score (nSPS) is 13.2. The van der Waals surface area contributed by atoms with Gasteiger partial charge in [0.05, 0.1) is 25.4 Å². The predicted octanol–water partition coefficient (Wildman–Crippen LogP) is 3.79. The largest absolute Gasteiger partial charge is 0.490 e. The van der Waals surface area contributed by atoms with Gasteiger partial charge < -0.3 is 14.8 Å². The van der Waals surface area contributed by atoms with Crippen LogP contribution in [-0.2, 0) is 14.4 Å². The third kappa shape index (κ3) is 5.88. The number of urea groups is 1. The first kappa shape index (κ1) is 26.4. The minimum Gasteiger partial charge on any atom is -0.490 e. The zero-order chi connectivity index (χ0) is 26.2. The van der Waals surface area contributed by atoms with Gasteiger partial charge in [0, 0.05) is 23.7 Å². The van der Waals surface area contributed by atoms with Crippen LogP contribution in [0, 0.1) is 0 Å². The fourth-order valence-corrected chi connectivity index (χ4v) is 3.39. The summed E-state index contributed by atoms with van der Waals surface area (Å²) in [7, 11) is 0. The molecule has 0 atom stereocenters. The van der Waals surface area contributed by atoms with E-state index in [9.17, 15) is 24.0 Å². The molecule has 1 saturated heterocycles. The van der Waals surface area contributed by atoms with Crippen LogP contribution in [-0.4, -0.2) is 54.2 Å². The summed E-state index contributed by atoms with van der Waals surface area (Å²) in [4.78, 5) is 63.9. The van der Waals surface area contributed by atoms with Crippen LogP contribution in [0.2, 0.25) is 0 Å². The topological polar surface area (TPSA) is 122 Å². The number of carbonyl (C=O) groups is 5. The highest BCUT2D eigenvalue weighted by Gasteiger charge is 2.46. The highest BCUT2D eigenvalue weighted by molar-refractivity contribution is 6.53. The Morgan fingerprint density at radius 1 is 0.833 bits per heavy atom. The van der Waals surface area contributed by atoms with Crippen molar-refractivity contribution in [2.45, 2.75) is 40.0 Å². The summed E-state index contributed by atoms with van der Waals surface area (Å²) in [6.45, 7) is 5.87. The van der Waals surface area contributed by atoms with Gasteiger partial charge in [0.2, 0.25) is 5.91 Å². The molecule has 2 aromatic carbocycles. The zero-order valence-corrected chi connectivity index (χ0v) is 20.5. The first-order valence-electron chi connectivity index (χ1n) is 11.8. The maximum atomic E-state index is 13.0. The zero-order valence-electron chi connectivity index (χ0n) is 20.5. The summed E-state index contributed by atoms with van der Waals surface area (Å²) in [6, 6.07) is 9.66. The first-order valence-corrected chi connectivity index (χ1v) is 11.8. The Labute approximate surface area is 209 Å². The minimum absolute atomic E-state index is 0.138. The maximum absolute atomic E-state index is 13.0. The number of hydrogen-bond acceptors (Lipinski definition) is 7. The molecule has 1 N–H and O–H groups in total. The number of rotatable bonds is 12. The third-order valence-electron chi connectivity index (χ3n) is 5.28. The maximum Gasteiger partial charge on any atom is 0.339 e. The lowest BCUT2D eigenvalue weighted by atomic mass is 10.1. The van der Waals surface area contributed by atoms with Crippen LogP contribution in [0.5, 0.6) is 11.5 Å². The number of hydrogen-bond donors (Lipinski definition) is 1. The van der Waals surface area contributed by atoms with E-state index in [1.54, 1.807) is 25.1 Å². The first-order chi connectivity index (χ1) is 17.3. The van der Waals surface area contributed by atoms with E-state index in [4.69, 9.17) is 9.47 Å². The number of amides is 5. The molecule has 0 radical (unpaired) electrons. The lowest BCUT2D eigenvalue weighted by Gasteiger charge is -2.18. The summed E-state index contributed by atoms with van der Waals surface area (Å²) >= 11 is 0. The highest BCUT2D eigenvalue weighted by atomic mass is 16.5. The number of Topliss-reactive ketones (excluding diaryl/α,β-unsaturated/α-hetero) is 1. The molecule has 10 heteroatoms. The standard InChI is InChI=1S/C26H29N3O7/c1-4-13-35-21-12-11-19(15-22(21)36-14-5-2)29-25(33)24(32)28(26(29)34)16-20(30)17-7-9-18(10-8-17)27-23(31)6-3/h7-12,15H,4-6,13-14,16H2,1-3H3,(H,27,31). The van der Waals surface area contributed by atoms with Gasteiger partial charge in [-0.25, -0.2) is 14.6 Å². The highest BCUT2D eigenvalue weighted by Crippen LogP contribution is 2.34. The molecule has 0 bridgehead atoms. The minimum atomic E-state index is -1.09. The van der Waals surface area contributed by atoms with Crippen molar-refractivity contribution in [3.63, 3.8) is 0 Å². The van der Waals surface area contributed by atoms with Crippen molar-refractivity contribution in [3.05, 3.63) is 48.0 Å². The molecule has 1 heterocycles. The van der Waals surface area contributed by atoms with Crippen molar-refractivity contribution in [1.82, 2.24) is 4.90 Å². The molecule has 0 spiro atoms. The molecule has 36 heavy (non-hydrogen) atoms. The number of nitrogens with zero attached hydrogens (tertiary/aromatic N) is 2. The van der Waals surface area contributed by atoms with Gasteiger partial charge in [0.25, 0.3) is 0 Å². The molecule has 1 fully saturated rings. The van der Waals surface area contributed by atoms with E-state index >= 15 is 0 Å². The molecular weight excluding hydrogens is 466 g/mol. The fourth-order valence-electron chi connectivity index (χ4n) is 3.39. The smallest absolute Gasteiger partial charge is 0.339 e. The van der Waals surface area contributed by atoms with Crippen LogP contribution in [0.1, 0.15) is 50.4 Å². The van der Waals surface area contributed by atoms with Crippen LogP contribution in [0.3, 0.4) is 0 Å². The van der Waals surface area contributed by atoms with Crippen LogP contribution in [0.4, 0.5) is 16.2 Å². The van der Waals surface area contributed by atoms with E-state index in [2.05, 4.69) is 5.32 Å². The van der Waals surface area contributed by atoms with Gasteiger partial charge in [0.1, 0.15) is 0 Å². The molecule has 0 unspecified atom stereocenters. The Morgan fingerprint density at radius 3 is 2.08 bits per heavy atom. The SMILES string of the molecule is CCCOc1ccc(N2C(=O)C(=O)N(CC(=O)c3ccc(NC(=O)CC)cc3)C2=O)cc1OCCC. The molecule has 5 amide bonds. The van der Waals surface area contributed by atoms with Gasteiger partial charge >= 0.3 is 17.8 Å². The second-order valence-corrected chi connectivity index (χ2v) is 8.04. The second-order valence-electron chi connectivity index (χ2n) is 8.04. The summed E-state index contributed by atoms with van der Waals surface area (Å²) < 4.78 is 11.4. The molecule has 3 rings (SSSR count). The van der Waals surface area contributed by atoms with Gasteiger partial charge in [-0.15, -0.1) is 0 Å². The van der Waals surface area contributed by atoms with Crippen molar-refractivity contribution >= 4 is 40.9 Å². The lowest BCUT2D eigenvalue weighted by Crippen LogP contribution is -2.37. The van der Waals surface area contributed by atoms with Crippen LogP contribution >= 0.6 is 0 Å². The average molecular weight is 496 g/mol. The Bertz CT molecular complexity index is 1160. The summed E-state index contributed by atoms with van der Waals surface area (Å²) in [5.74, 6) is -2.05. The van der Waals surface area contributed by atoms with Gasteiger partial charge in [-0.05, 0) is 49.2 Å². The molecule has 0 aliphatic carbocycles. The van der Waals surface area contributed by atoms with E-state index in [1.807, 2.05) is 13.8 Å². The molecule has 10 nitrogen and oxygen atoms in total. The number of benzene rings is 2. The summed E-state index contributed by atoms with van der Waals surface area (Å²) in [5.41, 5.74) is 0.878. The van der Waals surface area contributed by atoms with Crippen LogP contribution < -0.4 is 19.7 Å². The van der Waals surface area contributed by atoms with Crippen LogP contribution in [0.15, 0.2) is 42.5 Å². The monoisotopic (exact) mass is 495 g/mol. The Morgan fingerprint density at radius 2 is 1.47 bits per heavy atom. The fraction of sp³-hybridized carbons (Fsp3) is 0.346. The van der Waals surface area contributed by atoms with Crippen molar-refractivity contribution in [2.75, 3.05) is 30.0 Å². The number of nitrogens with one attached hydrogen (secondary N) is 1. The van der Waals surface area contributed by atoms with Crippen molar-refractivity contribution in [2.24, 2.45) is 0 Å². The van der Waals surface area contributed by atoms with E-state index in [0.29, 0.717) is 41.7 Å². The van der Waals surface area contributed by atoms with Gasteiger partial charge in [-0.3, -0.25) is 19.2 Å². The number of ether oxygens (including phenoxy) is 2. The Kier molecular flexibility index (Phi) is 8.77. The number of imide groups is 2. The third-order valence-corrected chi connectivity index (χ3v) is 5.28. The number of carbonyl (C=O) groups excluding carboxylic acids is 5. The van der Waals surface area contributed by atoms with Crippen molar-refractivity contribution in [1.29, 1.82) is 0 Å². The van der Waals surface area contributed by atoms with Crippen molar-refractivity contribution < 1.29 is 33.4 Å². The molecule has 190 valence electrons. The number of ketones is 1. The molecule has 1 aliphatic heterocycles. The molecule has 0 saturated carbocycles. The Hall–Kier alpha value is -4.21. The summed E-state index contributed by atoms with van der Waals surface area (Å²) in [5, 5.41) is 2.67. The Balaban J connectivity index is 1.78. The molecule has 2 aromatic rings. The van der Waals surface area contributed by atoms with Gasteiger partial charge in [-0.1, -0.05) is 20.8 Å². The predicted molar refractivity (Wildman–Crippen MR) is 132 cm³/mol. The van der Waals surface area contributed by atoms with Gasteiger partial charge in [0.15, 0.2) is 17.3 Å². The van der Waals surface area contributed by atoms with E-state index in [1.165, 1.54) is 24.3 Å². The quantitative estimate of drug-likeness (QED) is 0.270. The molecule has 0 aromatic heterocycles. The van der Waals surface area contributed by atoms with Gasteiger partial charge in [-0.2, -0.15) is 0 Å². The van der Waals surface area contributed by atoms with Crippen molar-refractivity contribution in [3.8, 4) is 11.5 Å². The average Bonchev–Trinajstić information content (AvgIpc) is 3.09. The van der Waals surface area contributed by atoms with Crippen LogP contribution in [0.25, 0.3) is 0 Å².